The number of ether oxygens (including phenoxy) is 1. The molecule has 0 radical (unpaired) electrons. The summed E-state index contributed by atoms with van der Waals surface area (Å²) in [6.07, 6.45) is -0.730. The lowest BCUT2D eigenvalue weighted by Crippen LogP contribution is -2.38. The summed E-state index contributed by atoms with van der Waals surface area (Å²) < 4.78 is 4.65. The lowest BCUT2D eigenvalue weighted by Gasteiger charge is -2.23. The van der Waals surface area contributed by atoms with Crippen molar-refractivity contribution in [3.63, 3.8) is 0 Å². The first-order chi connectivity index (χ1) is 8.73. The largest absolute Gasteiger partial charge is 0.465 e. The van der Waals surface area contributed by atoms with E-state index in [0.717, 1.165) is 0 Å². The highest BCUT2D eigenvalue weighted by Crippen LogP contribution is 2.19. The second-order valence-corrected chi connectivity index (χ2v) is 5.53. The maximum atomic E-state index is 11.5. The zero-order chi connectivity index (χ0) is 14.6. The number of rotatable bonds is 4. The molecule has 1 aromatic carbocycles. The number of nitrogens with one attached hydrogen (secondary N) is 1. The van der Waals surface area contributed by atoms with Crippen molar-refractivity contribution in [2.45, 2.75) is 32.4 Å². The third-order valence-electron chi connectivity index (χ3n) is 2.61. The van der Waals surface area contributed by atoms with Crippen LogP contribution in [0.1, 0.15) is 42.8 Å². The number of nitrogen functional groups attached to an aromatic ring is 1. The predicted octanol–water partition coefficient (Wildman–Crippen LogP) is 1.48. The summed E-state index contributed by atoms with van der Waals surface area (Å²) in [6, 6.07) is 4.78. The van der Waals surface area contributed by atoms with Crippen LogP contribution >= 0.6 is 0 Å². The van der Waals surface area contributed by atoms with Crippen LogP contribution in [0.25, 0.3) is 0 Å². The molecule has 0 aliphatic carbocycles. The number of nitrogens with two attached hydrogens (primary N) is 1. The van der Waals surface area contributed by atoms with E-state index in [4.69, 9.17) is 5.73 Å². The Bertz CT molecular complexity index is 452. The molecule has 1 aromatic rings. The van der Waals surface area contributed by atoms with Crippen molar-refractivity contribution in [1.29, 1.82) is 0 Å². The SMILES string of the molecule is COC(=O)c1cc(N)cc(C(O)CNC(C)(C)C)c1. The second-order valence-electron chi connectivity index (χ2n) is 5.53. The van der Waals surface area contributed by atoms with E-state index in [1.54, 1.807) is 12.1 Å². The van der Waals surface area contributed by atoms with Crippen LogP contribution in [0.15, 0.2) is 18.2 Å². The summed E-state index contributed by atoms with van der Waals surface area (Å²) in [7, 11) is 1.31. The number of carbonyl (C=O) groups is 1. The Kier molecular flexibility index (Phi) is 4.91. The number of carbonyl (C=O) groups excluding carboxylic acids is 1. The Morgan fingerprint density at radius 2 is 2.05 bits per heavy atom. The summed E-state index contributed by atoms with van der Waals surface area (Å²) in [4.78, 5) is 11.5. The number of hydrogen-bond acceptors (Lipinski definition) is 5. The first-order valence-electron chi connectivity index (χ1n) is 6.15. The van der Waals surface area contributed by atoms with E-state index in [1.165, 1.54) is 13.2 Å². The van der Waals surface area contributed by atoms with Crippen LogP contribution in [0.4, 0.5) is 5.69 Å². The standard InChI is InChI=1S/C14H22N2O3/c1-14(2,3)16-8-12(17)9-5-10(13(18)19-4)7-11(15)6-9/h5-7,12,16-17H,8,15H2,1-4H3. The van der Waals surface area contributed by atoms with Gasteiger partial charge in [-0.25, -0.2) is 4.79 Å². The third-order valence-corrected chi connectivity index (χ3v) is 2.61. The maximum absolute atomic E-state index is 11.5. The van der Waals surface area contributed by atoms with Gasteiger partial charge in [-0.1, -0.05) is 0 Å². The number of hydrogen-bond donors (Lipinski definition) is 3. The molecule has 5 nitrogen and oxygen atoms in total. The predicted molar refractivity (Wildman–Crippen MR) is 74.9 cm³/mol. The fourth-order valence-corrected chi connectivity index (χ4v) is 1.63. The van der Waals surface area contributed by atoms with Crippen LogP contribution in [0.5, 0.6) is 0 Å². The van der Waals surface area contributed by atoms with E-state index < -0.39 is 12.1 Å². The van der Waals surface area contributed by atoms with Crippen LogP contribution < -0.4 is 11.1 Å². The Morgan fingerprint density at radius 1 is 1.42 bits per heavy atom. The fourth-order valence-electron chi connectivity index (χ4n) is 1.63. The molecule has 19 heavy (non-hydrogen) atoms. The van der Waals surface area contributed by atoms with Crippen molar-refractivity contribution in [3.8, 4) is 0 Å². The van der Waals surface area contributed by atoms with E-state index in [1.807, 2.05) is 20.8 Å². The van der Waals surface area contributed by atoms with Crippen LogP contribution in [0.3, 0.4) is 0 Å². The monoisotopic (exact) mass is 266 g/mol. The van der Waals surface area contributed by atoms with Gasteiger partial charge >= 0.3 is 5.97 Å². The van der Waals surface area contributed by atoms with Gasteiger partial charge in [-0.15, -0.1) is 0 Å². The van der Waals surface area contributed by atoms with Crippen molar-refractivity contribution >= 4 is 11.7 Å². The fraction of sp³-hybridized carbons (Fsp3) is 0.500. The van der Waals surface area contributed by atoms with Gasteiger partial charge in [0.2, 0.25) is 0 Å². The minimum atomic E-state index is -0.730. The van der Waals surface area contributed by atoms with Gasteiger partial charge in [0.15, 0.2) is 0 Å². The number of methoxy groups -OCH3 is 1. The minimum Gasteiger partial charge on any atom is -0.465 e. The van der Waals surface area contributed by atoms with Gasteiger partial charge in [-0.05, 0) is 44.5 Å². The van der Waals surface area contributed by atoms with Crippen molar-refractivity contribution in [3.05, 3.63) is 29.3 Å². The van der Waals surface area contributed by atoms with Crippen LogP contribution in [0, 0.1) is 0 Å². The van der Waals surface area contributed by atoms with Crippen molar-refractivity contribution in [2.75, 3.05) is 19.4 Å². The molecule has 1 unspecified atom stereocenters. The van der Waals surface area contributed by atoms with E-state index in [-0.39, 0.29) is 5.54 Å². The Balaban J connectivity index is 2.88. The van der Waals surface area contributed by atoms with Gasteiger partial charge in [0.05, 0.1) is 18.8 Å². The van der Waals surface area contributed by atoms with Gasteiger partial charge in [0.25, 0.3) is 0 Å². The molecule has 0 saturated carbocycles. The molecule has 0 aromatic heterocycles. The average Bonchev–Trinajstić information content (AvgIpc) is 2.33. The molecule has 1 rings (SSSR count). The first kappa shape index (κ1) is 15.5. The zero-order valence-corrected chi connectivity index (χ0v) is 11.9. The smallest absolute Gasteiger partial charge is 0.337 e. The third kappa shape index (κ3) is 4.89. The molecule has 0 aliphatic rings. The molecule has 0 bridgehead atoms. The van der Waals surface area contributed by atoms with Gasteiger partial charge < -0.3 is 20.9 Å². The van der Waals surface area contributed by atoms with Crippen molar-refractivity contribution < 1.29 is 14.6 Å². The van der Waals surface area contributed by atoms with Gasteiger partial charge in [-0.2, -0.15) is 0 Å². The molecule has 5 heteroatoms. The lowest BCUT2D eigenvalue weighted by atomic mass is 10.0. The molecule has 0 amide bonds. The van der Waals surface area contributed by atoms with Gasteiger partial charge in [0, 0.05) is 17.8 Å². The molecule has 0 heterocycles. The molecule has 106 valence electrons. The molecule has 0 saturated heterocycles. The minimum absolute atomic E-state index is 0.0908. The van der Waals surface area contributed by atoms with Crippen molar-refractivity contribution in [1.82, 2.24) is 5.32 Å². The maximum Gasteiger partial charge on any atom is 0.337 e. The van der Waals surface area contributed by atoms with E-state index >= 15 is 0 Å². The molecular formula is C14H22N2O3. The summed E-state index contributed by atoms with van der Waals surface area (Å²) in [5.41, 5.74) is 7.00. The van der Waals surface area contributed by atoms with Crippen molar-refractivity contribution in [2.24, 2.45) is 0 Å². The second kappa shape index (κ2) is 6.04. The Morgan fingerprint density at radius 3 is 2.58 bits per heavy atom. The number of aliphatic hydroxyl groups excluding tert-OH is 1. The Labute approximate surface area is 113 Å². The molecule has 0 fully saturated rings. The first-order valence-corrected chi connectivity index (χ1v) is 6.15. The van der Waals surface area contributed by atoms with Gasteiger partial charge in [-0.3, -0.25) is 0 Å². The number of aliphatic hydroxyl groups is 1. The summed E-state index contributed by atoms with van der Waals surface area (Å²) in [6.45, 7) is 6.42. The lowest BCUT2D eigenvalue weighted by molar-refractivity contribution is 0.0600. The quantitative estimate of drug-likeness (QED) is 0.568. The van der Waals surface area contributed by atoms with Crippen LogP contribution in [-0.2, 0) is 4.74 Å². The van der Waals surface area contributed by atoms with Crippen LogP contribution in [0.2, 0.25) is 0 Å². The zero-order valence-electron chi connectivity index (χ0n) is 11.9. The number of β-amino-alcohol motifs (C(OH)–C–C–N with tert-alkyl or cyclic N) is 1. The van der Waals surface area contributed by atoms with E-state index in [2.05, 4.69) is 10.1 Å². The highest BCUT2D eigenvalue weighted by molar-refractivity contribution is 5.90. The molecule has 4 N–H and O–H groups in total. The molecule has 0 spiro atoms. The summed E-state index contributed by atoms with van der Waals surface area (Å²) in [5.74, 6) is -0.468. The van der Waals surface area contributed by atoms with Crippen LogP contribution in [-0.4, -0.2) is 30.3 Å². The number of esters is 1. The average molecular weight is 266 g/mol. The number of benzene rings is 1. The van der Waals surface area contributed by atoms with E-state index in [0.29, 0.717) is 23.4 Å². The summed E-state index contributed by atoms with van der Waals surface area (Å²) >= 11 is 0. The Hall–Kier alpha value is -1.59. The molecular weight excluding hydrogens is 244 g/mol. The summed E-state index contributed by atoms with van der Waals surface area (Å²) in [5, 5.41) is 13.3. The topological polar surface area (TPSA) is 84.6 Å². The van der Waals surface area contributed by atoms with Gasteiger partial charge in [0.1, 0.15) is 0 Å². The highest BCUT2D eigenvalue weighted by atomic mass is 16.5. The highest BCUT2D eigenvalue weighted by Gasteiger charge is 2.16. The number of anilines is 1. The van der Waals surface area contributed by atoms with E-state index in [9.17, 15) is 9.90 Å². The normalized spacial score (nSPS) is 13.1. The molecule has 0 aliphatic heterocycles. The molecule has 1 atom stereocenters.